The number of ketones is 1. The third-order valence-electron chi connectivity index (χ3n) is 3.11. The third-order valence-corrected chi connectivity index (χ3v) is 3.11. The molecule has 0 heterocycles. The van der Waals surface area contributed by atoms with Gasteiger partial charge in [-0.05, 0) is 12.0 Å². The van der Waals surface area contributed by atoms with Gasteiger partial charge in [-0.1, -0.05) is 61.5 Å². The second-order valence-corrected chi connectivity index (χ2v) is 4.80. The van der Waals surface area contributed by atoms with Crippen LogP contribution in [-0.2, 0) is 16.1 Å². The van der Waals surface area contributed by atoms with E-state index < -0.39 is 0 Å². The van der Waals surface area contributed by atoms with Crippen LogP contribution in [0.4, 0.5) is 0 Å². The molecule has 0 fully saturated rings. The van der Waals surface area contributed by atoms with E-state index in [0.717, 1.165) is 12.0 Å². The number of ether oxygens (including phenoxy) is 1. The molecule has 0 aromatic heterocycles. The molecule has 0 radical (unpaired) electrons. The number of hydrogen-bond acceptors (Lipinski definition) is 3. The lowest BCUT2D eigenvalue weighted by Crippen LogP contribution is -2.04. The lowest BCUT2D eigenvalue weighted by atomic mass is 10.0. The fraction of sp³-hybridized carbons (Fsp3) is 0.222. The van der Waals surface area contributed by atoms with Crippen LogP contribution in [0.15, 0.2) is 54.6 Å². The highest BCUT2D eigenvalue weighted by Gasteiger charge is 2.08. The van der Waals surface area contributed by atoms with E-state index in [1.807, 2.05) is 37.3 Å². The van der Waals surface area contributed by atoms with Crippen LogP contribution in [0.2, 0.25) is 0 Å². The Morgan fingerprint density at radius 1 is 0.905 bits per heavy atom. The Bertz CT molecular complexity index is 600. The molecule has 0 bridgehead atoms. The number of carbonyl (C=O) groups excluding carboxylic acids is 2. The largest absolute Gasteiger partial charge is 0.461 e. The molecule has 0 aliphatic heterocycles. The van der Waals surface area contributed by atoms with E-state index >= 15 is 0 Å². The van der Waals surface area contributed by atoms with Crippen molar-refractivity contribution in [1.82, 2.24) is 0 Å². The zero-order chi connectivity index (χ0) is 15.1. The zero-order valence-corrected chi connectivity index (χ0v) is 12.0. The molecule has 3 nitrogen and oxygen atoms in total. The molecule has 0 aliphatic rings. The van der Waals surface area contributed by atoms with Gasteiger partial charge in [-0.3, -0.25) is 9.59 Å². The minimum Gasteiger partial charge on any atom is -0.461 e. The Morgan fingerprint density at radius 3 is 2.14 bits per heavy atom. The predicted octanol–water partition coefficient (Wildman–Crippen LogP) is 3.76. The van der Waals surface area contributed by atoms with Gasteiger partial charge in [0.1, 0.15) is 6.61 Å². The van der Waals surface area contributed by atoms with Crippen LogP contribution in [0.3, 0.4) is 0 Å². The van der Waals surface area contributed by atoms with Gasteiger partial charge in [-0.2, -0.15) is 0 Å². The topological polar surface area (TPSA) is 43.4 Å². The van der Waals surface area contributed by atoms with Gasteiger partial charge < -0.3 is 4.74 Å². The molecule has 0 spiro atoms. The molecule has 0 saturated carbocycles. The highest BCUT2D eigenvalue weighted by Crippen LogP contribution is 2.12. The van der Waals surface area contributed by atoms with Crippen LogP contribution < -0.4 is 0 Å². The molecule has 0 saturated heterocycles. The summed E-state index contributed by atoms with van der Waals surface area (Å²) in [6.45, 7) is 2.18. The molecular weight excluding hydrogens is 264 g/mol. The number of hydrogen-bond donors (Lipinski definition) is 0. The summed E-state index contributed by atoms with van der Waals surface area (Å²) in [5.74, 6) is -0.202. The first-order valence-corrected chi connectivity index (χ1v) is 7.05. The van der Waals surface area contributed by atoms with Crippen molar-refractivity contribution >= 4 is 11.8 Å². The summed E-state index contributed by atoms with van der Waals surface area (Å²) < 4.78 is 5.13. The van der Waals surface area contributed by atoms with Crippen molar-refractivity contribution in [3.63, 3.8) is 0 Å². The van der Waals surface area contributed by atoms with Gasteiger partial charge in [0.2, 0.25) is 0 Å². The molecule has 2 aromatic carbocycles. The molecule has 21 heavy (non-hydrogen) atoms. The van der Waals surface area contributed by atoms with Crippen molar-refractivity contribution in [1.29, 1.82) is 0 Å². The van der Waals surface area contributed by atoms with E-state index in [1.54, 1.807) is 24.3 Å². The zero-order valence-electron chi connectivity index (χ0n) is 12.0. The summed E-state index contributed by atoms with van der Waals surface area (Å²) >= 11 is 0. The molecule has 0 aliphatic carbocycles. The summed E-state index contributed by atoms with van der Waals surface area (Å²) in [6, 6.07) is 16.3. The second kappa shape index (κ2) is 7.39. The average molecular weight is 282 g/mol. The smallest absolute Gasteiger partial charge is 0.306 e. The minimum atomic E-state index is -0.193. The fourth-order valence-corrected chi connectivity index (χ4v) is 1.95. The number of rotatable bonds is 6. The molecule has 0 atom stereocenters. The monoisotopic (exact) mass is 282 g/mol. The van der Waals surface area contributed by atoms with Crippen molar-refractivity contribution in [2.75, 3.05) is 0 Å². The Kier molecular flexibility index (Phi) is 5.27. The minimum absolute atomic E-state index is 0.00914. The average Bonchev–Trinajstić information content (AvgIpc) is 2.54. The summed E-state index contributed by atoms with van der Waals surface area (Å²) in [5, 5.41) is 0. The molecule has 2 rings (SSSR count). The van der Waals surface area contributed by atoms with Crippen LogP contribution in [0.25, 0.3) is 0 Å². The van der Waals surface area contributed by atoms with Crippen molar-refractivity contribution in [3.05, 3.63) is 71.3 Å². The molecule has 108 valence electrons. The maximum atomic E-state index is 12.2. The quantitative estimate of drug-likeness (QED) is 0.598. The maximum Gasteiger partial charge on any atom is 0.306 e. The van der Waals surface area contributed by atoms with Crippen molar-refractivity contribution in [2.45, 2.75) is 26.4 Å². The van der Waals surface area contributed by atoms with Crippen LogP contribution in [-0.4, -0.2) is 11.8 Å². The van der Waals surface area contributed by atoms with Gasteiger partial charge in [-0.25, -0.2) is 0 Å². The van der Waals surface area contributed by atoms with Crippen LogP contribution in [0.1, 0.15) is 41.3 Å². The molecular formula is C18H18O3. The van der Waals surface area contributed by atoms with Crippen molar-refractivity contribution < 1.29 is 14.3 Å². The second-order valence-electron chi connectivity index (χ2n) is 4.80. The summed E-state index contributed by atoms with van der Waals surface area (Å²) in [5.41, 5.74) is 2.17. The van der Waals surface area contributed by atoms with Gasteiger partial charge >= 0.3 is 5.97 Å². The van der Waals surface area contributed by atoms with Crippen molar-refractivity contribution in [3.8, 4) is 0 Å². The molecule has 3 heteroatoms. The van der Waals surface area contributed by atoms with E-state index in [2.05, 4.69) is 0 Å². The van der Waals surface area contributed by atoms with Crippen molar-refractivity contribution in [2.24, 2.45) is 0 Å². The highest BCUT2D eigenvalue weighted by molar-refractivity contribution is 6.08. The van der Waals surface area contributed by atoms with E-state index in [4.69, 9.17) is 4.74 Å². The van der Waals surface area contributed by atoms with Crippen LogP contribution in [0.5, 0.6) is 0 Å². The standard InChI is InChI=1S/C18H18O3/c1-2-6-17(19)21-13-14-9-11-16(12-10-14)18(20)15-7-4-3-5-8-15/h3-5,7-12H,2,6,13H2,1H3. The first kappa shape index (κ1) is 15.0. The van der Waals surface area contributed by atoms with Gasteiger partial charge in [0.25, 0.3) is 0 Å². The number of carbonyl (C=O) groups is 2. The molecule has 0 N–H and O–H groups in total. The summed E-state index contributed by atoms with van der Waals surface area (Å²) in [7, 11) is 0. The van der Waals surface area contributed by atoms with Gasteiger partial charge in [0.15, 0.2) is 5.78 Å². The third kappa shape index (κ3) is 4.28. The highest BCUT2D eigenvalue weighted by atomic mass is 16.5. The maximum absolute atomic E-state index is 12.2. The first-order chi connectivity index (χ1) is 10.2. The SMILES string of the molecule is CCCC(=O)OCc1ccc(C(=O)c2ccccc2)cc1. The molecule has 0 unspecified atom stereocenters. The number of benzene rings is 2. The van der Waals surface area contributed by atoms with E-state index in [1.165, 1.54) is 0 Å². The van der Waals surface area contributed by atoms with Gasteiger partial charge in [0.05, 0.1) is 0 Å². The normalized spacial score (nSPS) is 10.1. The van der Waals surface area contributed by atoms with Gasteiger partial charge in [0, 0.05) is 17.5 Å². The Morgan fingerprint density at radius 2 is 1.52 bits per heavy atom. The first-order valence-electron chi connectivity index (χ1n) is 7.05. The summed E-state index contributed by atoms with van der Waals surface area (Å²) in [6.07, 6.45) is 1.22. The van der Waals surface area contributed by atoms with E-state index in [9.17, 15) is 9.59 Å². The Balaban J connectivity index is 1.99. The van der Waals surface area contributed by atoms with E-state index in [-0.39, 0.29) is 18.4 Å². The lowest BCUT2D eigenvalue weighted by molar-refractivity contribution is -0.144. The lowest BCUT2D eigenvalue weighted by Gasteiger charge is -2.05. The van der Waals surface area contributed by atoms with Crippen LogP contribution in [0, 0.1) is 0 Å². The Labute approximate surface area is 124 Å². The van der Waals surface area contributed by atoms with Gasteiger partial charge in [-0.15, -0.1) is 0 Å². The number of esters is 1. The molecule has 2 aromatic rings. The Hall–Kier alpha value is -2.42. The predicted molar refractivity (Wildman–Crippen MR) is 81.0 cm³/mol. The summed E-state index contributed by atoms with van der Waals surface area (Å²) in [4.78, 5) is 23.5. The fourth-order valence-electron chi connectivity index (χ4n) is 1.95. The molecule has 0 amide bonds. The van der Waals surface area contributed by atoms with E-state index in [0.29, 0.717) is 17.5 Å². The van der Waals surface area contributed by atoms with Crippen LogP contribution >= 0.6 is 0 Å².